The van der Waals surface area contributed by atoms with E-state index in [0.29, 0.717) is 32.2 Å². The third kappa shape index (κ3) is 1.94. The zero-order valence-electron chi connectivity index (χ0n) is 9.22. The Hall–Kier alpha value is -1.39. The van der Waals surface area contributed by atoms with Crippen molar-refractivity contribution in [3.8, 4) is 0 Å². The molecule has 88 valence electrons. The Bertz CT molecular complexity index is 316. The number of nitrogens with zero attached hydrogens (tertiary/aromatic N) is 2. The Morgan fingerprint density at radius 3 is 2.69 bits per heavy atom. The van der Waals surface area contributed by atoms with E-state index < -0.39 is 0 Å². The van der Waals surface area contributed by atoms with Crippen LogP contribution in [0.4, 0.5) is 0 Å². The van der Waals surface area contributed by atoms with E-state index in [9.17, 15) is 14.4 Å². The van der Waals surface area contributed by atoms with Crippen LogP contribution in [0.15, 0.2) is 0 Å². The zero-order valence-corrected chi connectivity index (χ0v) is 9.22. The summed E-state index contributed by atoms with van der Waals surface area (Å²) in [6.45, 7) is 0.611. The summed E-state index contributed by atoms with van der Waals surface area (Å²) in [4.78, 5) is 34.3. The predicted octanol–water partition coefficient (Wildman–Crippen LogP) is 0.494. The fraction of sp³-hybridized carbons (Fsp3) is 0.727. The Morgan fingerprint density at radius 2 is 1.94 bits per heavy atom. The number of fused-ring (bicyclic) bond motifs is 1. The third-order valence-electron chi connectivity index (χ3n) is 3.21. The molecule has 5 nitrogen and oxygen atoms in total. The summed E-state index contributed by atoms with van der Waals surface area (Å²) in [7, 11) is 0. The molecule has 0 aromatic carbocycles. The topological polar surface area (TPSA) is 57.7 Å². The first-order valence-corrected chi connectivity index (χ1v) is 5.80. The molecule has 0 radical (unpaired) electrons. The maximum Gasteiger partial charge on any atom is 0.241 e. The van der Waals surface area contributed by atoms with E-state index in [1.165, 1.54) is 5.01 Å². The maximum absolute atomic E-state index is 11.9. The van der Waals surface area contributed by atoms with E-state index >= 15 is 0 Å². The van der Waals surface area contributed by atoms with Crippen molar-refractivity contribution in [3.05, 3.63) is 0 Å². The predicted molar refractivity (Wildman–Crippen MR) is 56.1 cm³/mol. The van der Waals surface area contributed by atoms with E-state index in [1.807, 2.05) is 0 Å². The van der Waals surface area contributed by atoms with E-state index in [2.05, 4.69) is 0 Å². The van der Waals surface area contributed by atoms with Crippen LogP contribution in [-0.2, 0) is 14.4 Å². The normalized spacial score (nSPS) is 26.4. The number of hydrogen-bond donors (Lipinski definition) is 0. The van der Waals surface area contributed by atoms with Gasteiger partial charge in [-0.05, 0) is 19.3 Å². The summed E-state index contributed by atoms with van der Waals surface area (Å²) in [5.74, 6) is -0.00107. The molecule has 0 aromatic heterocycles. The Morgan fingerprint density at radius 1 is 1.19 bits per heavy atom. The molecule has 0 unspecified atom stereocenters. The van der Waals surface area contributed by atoms with Crippen LogP contribution in [0.3, 0.4) is 0 Å². The fourth-order valence-electron chi connectivity index (χ4n) is 2.45. The van der Waals surface area contributed by atoms with Crippen LogP contribution in [0.5, 0.6) is 0 Å². The largest absolute Gasteiger partial charge is 0.303 e. The Balaban J connectivity index is 2.22. The summed E-state index contributed by atoms with van der Waals surface area (Å²) in [6.07, 6.45) is 4.32. The number of rotatable bonds is 2. The Labute approximate surface area is 94.4 Å². The second-order valence-electron chi connectivity index (χ2n) is 4.31. The first-order valence-electron chi connectivity index (χ1n) is 5.80. The van der Waals surface area contributed by atoms with Gasteiger partial charge in [-0.2, -0.15) is 0 Å². The number of carbonyl (C=O) groups is 3. The van der Waals surface area contributed by atoms with Crippen LogP contribution >= 0.6 is 0 Å². The van der Waals surface area contributed by atoms with E-state index in [4.69, 9.17) is 0 Å². The molecule has 2 aliphatic heterocycles. The highest BCUT2D eigenvalue weighted by atomic mass is 16.2. The number of hydrogen-bond acceptors (Lipinski definition) is 3. The summed E-state index contributed by atoms with van der Waals surface area (Å²) in [5.41, 5.74) is 0. The summed E-state index contributed by atoms with van der Waals surface area (Å²) >= 11 is 0. The molecule has 0 N–H and O–H groups in total. The average molecular weight is 224 g/mol. The monoisotopic (exact) mass is 224 g/mol. The lowest BCUT2D eigenvalue weighted by atomic mass is 10.1. The lowest BCUT2D eigenvalue weighted by Crippen LogP contribution is -2.56. The van der Waals surface area contributed by atoms with Crippen LogP contribution in [0.1, 0.15) is 38.5 Å². The molecule has 0 bridgehead atoms. The van der Waals surface area contributed by atoms with Gasteiger partial charge >= 0.3 is 0 Å². The van der Waals surface area contributed by atoms with Gasteiger partial charge in [0.15, 0.2) is 0 Å². The second-order valence-corrected chi connectivity index (χ2v) is 4.31. The molecular formula is C11H16N2O3. The molecule has 16 heavy (non-hydrogen) atoms. The quantitative estimate of drug-likeness (QED) is 0.641. The van der Waals surface area contributed by atoms with Crippen molar-refractivity contribution in [3.63, 3.8) is 0 Å². The van der Waals surface area contributed by atoms with Crippen molar-refractivity contribution in [2.24, 2.45) is 0 Å². The highest BCUT2D eigenvalue weighted by Gasteiger charge is 2.36. The number of aldehydes is 1. The highest BCUT2D eigenvalue weighted by molar-refractivity contribution is 5.85. The Kier molecular flexibility index (Phi) is 3.22. The smallest absolute Gasteiger partial charge is 0.241 e. The molecule has 2 amide bonds. The standard InChI is InChI=1S/C11H16N2O3/c14-8-6-9-3-2-7-12-10(15)4-1-5-11(16)13(9)12/h8-9H,1-7H2/t9-/m1/s1. The van der Waals surface area contributed by atoms with Crippen molar-refractivity contribution in [2.45, 2.75) is 44.6 Å². The van der Waals surface area contributed by atoms with E-state index in [-0.39, 0.29) is 17.9 Å². The number of hydrazine groups is 1. The summed E-state index contributed by atoms with van der Waals surface area (Å²) in [5, 5.41) is 3.08. The van der Waals surface area contributed by atoms with Crippen molar-refractivity contribution >= 4 is 18.1 Å². The van der Waals surface area contributed by atoms with Gasteiger partial charge in [0.1, 0.15) is 6.29 Å². The number of carbonyl (C=O) groups excluding carboxylic acids is 3. The number of amides is 2. The third-order valence-corrected chi connectivity index (χ3v) is 3.21. The molecule has 0 spiro atoms. The molecular weight excluding hydrogens is 208 g/mol. The van der Waals surface area contributed by atoms with Gasteiger partial charge < -0.3 is 4.79 Å². The van der Waals surface area contributed by atoms with Gasteiger partial charge in [0.2, 0.25) is 11.8 Å². The first-order chi connectivity index (χ1) is 7.74. The van der Waals surface area contributed by atoms with Gasteiger partial charge in [0, 0.05) is 25.8 Å². The SMILES string of the molecule is O=CC[C@H]1CCCN2C(=O)CCCC(=O)N12. The average Bonchev–Trinajstić information content (AvgIpc) is 2.41. The second kappa shape index (κ2) is 4.63. The minimum absolute atomic E-state index is 0.0152. The first kappa shape index (κ1) is 11.1. The van der Waals surface area contributed by atoms with Crippen LogP contribution < -0.4 is 0 Å². The fourth-order valence-corrected chi connectivity index (χ4v) is 2.45. The van der Waals surface area contributed by atoms with Crippen molar-refractivity contribution < 1.29 is 14.4 Å². The van der Waals surface area contributed by atoms with Crippen LogP contribution in [0.25, 0.3) is 0 Å². The van der Waals surface area contributed by atoms with Crippen LogP contribution in [0, 0.1) is 0 Å². The summed E-state index contributed by atoms with van der Waals surface area (Å²) < 4.78 is 0. The zero-order chi connectivity index (χ0) is 11.5. The van der Waals surface area contributed by atoms with Gasteiger partial charge in [-0.1, -0.05) is 0 Å². The van der Waals surface area contributed by atoms with Gasteiger partial charge in [0.25, 0.3) is 0 Å². The molecule has 1 atom stereocenters. The minimum Gasteiger partial charge on any atom is -0.303 e. The molecule has 2 rings (SSSR count). The van der Waals surface area contributed by atoms with Gasteiger partial charge in [0.05, 0.1) is 6.04 Å². The van der Waals surface area contributed by atoms with Gasteiger partial charge in [-0.15, -0.1) is 0 Å². The van der Waals surface area contributed by atoms with Crippen molar-refractivity contribution in [1.29, 1.82) is 0 Å². The molecule has 0 saturated carbocycles. The van der Waals surface area contributed by atoms with E-state index in [0.717, 1.165) is 19.1 Å². The highest BCUT2D eigenvalue weighted by Crippen LogP contribution is 2.25. The summed E-state index contributed by atoms with van der Waals surface area (Å²) in [6, 6.07) is -0.110. The van der Waals surface area contributed by atoms with E-state index in [1.54, 1.807) is 5.01 Å². The lowest BCUT2D eigenvalue weighted by Gasteiger charge is -2.42. The molecule has 5 heteroatoms. The van der Waals surface area contributed by atoms with Crippen LogP contribution in [-0.4, -0.2) is 40.7 Å². The molecule has 2 fully saturated rings. The van der Waals surface area contributed by atoms with Crippen molar-refractivity contribution in [2.75, 3.05) is 6.54 Å². The molecule has 2 heterocycles. The molecule has 0 aromatic rings. The molecule has 2 aliphatic rings. The minimum atomic E-state index is -0.110. The van der Waals surface area contributed by atoms with Gasteiger partial charge in [-0.3, -0.25) is 14.6 Å². The molecule has 0 aliphatic carbocycles. The van der Waals surface area contributed by atoms with Crippen molar-refractivity contribution in [1.82, 2.24) is 10.0 Å². The molecule has 2 saturated heterocycles. The van der Waals surface area contributed by atoms with Crippen LogP contribution in [0.2, 0.25) is 0 Å². The lowest BCUT2D eigenvalue weighted by molar-refractivity contribution is -0.172. The maximum atomic E-state index is 11.9. The van der Waals surface area contributed by atoms with Gasteiger partial charge in [-0.25, -0.2) is 5.01 Å².